The van der Waals surface area contributed by atoms with E-state index in [4.69, 9.17) is 11.6 Å². The normalized spacial score (nSPS) is 15.7. The molecule has 2 aliphatic rings. The van der Waals surface area contributed by atoms with Crippen molar-refractivity contribution in [3.05, 3.63) is 135 Å². The highest BCUT2D eigenvalue weighted by molar-refractivity contribution is 8.03. The molecule has 0 saturated carbocycles. The van der Waals surface area contributed by atoms with Crippen LogP contribution in [-0.4, -0.2) is 87.5 Å². The van der Waals surface area contributed by atoms with E-state index in [0.717, 1.165) is 80.6 Å². The molecule has 0 spiro atoms. The zero-order valence-electron chi connectivity index (χ0n) is 32.1. The highest BCUT2D eigenvalue weighted by atomic mass is 35.5. The van der Waals surface area contributed by atoms with Gasteiger partial charge in [-0.3, -0.25) is 19.7 Å². The summed E-state index contributed by atoms with van der Waals surface area (Å²) in [5.74, 6) is 1.15. The van der Waals surface area contributed by atoms with Gasteiger partial charge in [0.1, 0.15) is 17.8 Å². The van der Waals surface area contributed by atoms with Crippen molar-refractivity contribution >= 4 is 68.1 Å². The molecule has 0 bridgehead atoms. The zero-order valence-corrected chi connectivity index (χ0v) is 34.5. The van der Waals surface area contributed by atoms with E-state index < -0.39 is 15.9 Å². The molecule has 2 atom stereocenters. The predicted octanol–water partition coefficient (Wildman–Crippen LogP) is 9.01. The molecular formula is C43H47ClN8O3S2. The SMILES string of the molecule is CN(C)CCC(CSC1=CCCC=C1)Nc1ccc(S(=O)Nc2ncnc3cc(N4CCN(Cc5ccccc5-c5ccc(Cl)cc5)CC4)ccc23)cc1[N+](=O)[O-]. The van der Waals surface area contributed by atoms with Gasteiger partial charge in [-0.25, -0.2) is 14.2 Å². The van der Waals surface area contributed by atoms with Crippen LogP contribution in [0.2, 0.25) is 5.02 Å². The number of anilines is 3. The maximum absolute atomic E-state index is 13.7. The Morgan fingerprint density at radius 1 is 0.982 bits per heavy atom. The molecule has 7 rings (SSSR count). The fraction of sp³-hybridized carbons (Fsp3) is 0.302. The lowest BCUT2D eigenvalue weighted by Gasteiger charge is -2.36. The van der Waals surface area contributed by atoms with Crippen LogP contribution in [0.5, 0.6) is 0 Å². The molecule has 57 heavy (non-hydrogen) atoms. The molecule has 296 valence electrons. The van der Waals surface area contributed by atoms with Gasteiger partial charge in [-0.1, -0.05) is 66.2 Å². The van der Waals surface area contributed by atoms with Crippen molar-refractivity contribution < 1.29 is 9.13 Å². The molecule has 0 radical (unpaired) electrons. The third-order valence-corrected chi connectivity index (χ3v) is 12.7. The van der Waals surface area contributed by atoms with Crippen LogP contribution in [-0.2, 0) is 17.5 Å². The molecular weight excluding hydrogens is 776 g/mol. The monoisotopic (exact) mass is 822 g/mol. The quantitative estimate of drug-likeness (QED) is 0.0737. The number of thioether (sulfide) groups is 1. The average molecular weight is 823 g/mol. The fourth-order valence-corrected chi connectivity index (χ4v) is 9.13. The van der Waals surface area contributed by atoms with Crippen molar-refractivity contribution in [1.82, 2.24) is 19.8 Å². The largest absolute Gasteiger partial charge is 0.376 e. The molecule has 1 aliphatic carbocycles. The topological polar surface area (TPSA) is 120 Å². The number of nitro benzene ring substituents is 1. The molecule has 4 aromatic carbocycles. The van der Waals surface area contributed by atoms with Gasteiger partial charge in [0.05, 0.1) is 15.3 Å². The van der Waals surface area contributed by atoms with Crippen LogP contribution in [0, 0.1) is 10.1 Å². The molecule has 5 aromatic rings. The molecule has 2 N–H and O–H groups in total. The van der Waals surface area contributed by atoms with E-state index in [1.165, 1.54) is 28.4 Å². The van der Waals surface area contributed by atoms with Gasteiger partial charge in [-0.2, -0.15) is 0 Å². The Bertz CT molecular complexity index is 2280. The summed E-state index contributed by atoms with van der Waals surface area (Å²) in [6, 6.07) is 27.3. The van der Waals surface area contributed by atoms with Crippen LogP contribution in [0.25, 0.3) is 22.0 Å². The number of nitro groups is 1. The minimum Gasteiger partial charge on any atom is -0.376 e. The summed E-state index contributed by atoms with van der Waals surface area (Å²) < 4.78 is 16.7. The molecule has 0 amide bonds. The van der Waals surface area contributed by atoms with Crippen molar-refractivity contribution in [3.63, 3.8) is 0 Å². The Kier molecular flexibility index (Phi) is 13.5. The van der Waals surface area contributed by atoms with Gasteiger partial charge < -0.3 is 15.1 Å². The van der Waals surface area contributed by atoms with Crippen molar-refractivity contribution in [3.8, 4) is 11.1 Å². The molecule has 1 saturated heterocycles. The fourth-order valence-electron chi connectivity index (χ4n) is 7.07. The first-order valence-electron chi connectivity index (χ1n) is 19.1. The molecule has 2 unspecified atom stereocenters. The van der Waals surface area contributed by atoms with Crippen LogP contribution < -0.4 is 14.9 Å². The Morgan fingerprint density at radius 3 is 2.54 bits per heavy atom. The van der Waals surface area contributed by atoms with Gasteiger partial charge >= 0.3 is 0 Å². The lowest BCUT2D eigenvalue weighted by molar-refractivity contribution is -0.384. The summed E-state index contributed by atoms with van der Waals surface area (Å²) in [6.45, 7) is 5.24. The first-order chi connectivity index (χ1) is 27.7. The number of rotatable bonds is 16. The molecule has 1 aromatic heterocycles. The van der Waals surface area contributed by atoms with E-state index in [1.807, 2.05) is 44.4 Å². The van der Waals surface area contributed by atoms with Crippen LogP contribution in [0.1, 0.15) is 24.8 Å². The number of benzene rings is 4. The second-order valence-corrected chi connectivity index (χ2v) is 17.2. The van der Waals surface area contributed by atoms with Gasteiger partial charge in [-0.15, -0.1) is 11.8 Å². The molecule has 11 nitrogen and oxygen atoms in total. The first kappa shape index (κ1) is 40.4. The second kappa shape index (κ2) is 19.1. The Morgan fingerprint density at radius 2 is 1.79 bits per heavy atom. The van der Waals surface area contributed by atoms with Crippen LogP contribution in [0.3, 0.4) is 0 Å². The number of piperazine rings is 1. The van der Waals surface area contributed by atoms with Crippen LogP contribution >= 0.6 is 23.4 Å². The number of allylic oxidation sites excluding steroid dienone is 3. The Hall–Kier alpha value is -4.79. The summed E-state index contributed by atoms with van der Waals surface area (Å²) in [4.78, 5) is 29.3. The number of aromatic nitrogens is 2. The number of hydrogen-bond donors (Lipinski definition) is 2. The summed E-state index contributed by atoms with van der Waals surface area (Å²) in [5.41, 5.74) is 5.72. The van der Waals surface area contributed by atoms with Crippen LogP contribution in [0.15, 0.2) is 119 Å². The van der Waals surface area contributed by atoms with Gasteiger partial charge in [0, 0.05) is 71.6 Å². The van der Waals surface area contributed by atoms with E-state index in [-0.39, 0.29) is 16.6 Å². The Labute approximate surface area is 346 Å². The minimum atomic E-state index is -1.82. The van der Waals surface area contributed by atoms with Crippen molar-refractivity contribution in [2.24, 2.45) is 0 Å². The molecule has 1 aliphatic heterocycles. The number of nitrogens with zero attached hydrogens (tertiary/aromatic N) is 6. The summed E-state index contributed by atoms with van der Waals surface area (Å²) in [7, 11) is 2.22. The van der Waals surface area contributed by atoms with E-state index in [1.54, 1.807) is 23.9 Å². The van der Waals surface area contributed by atoms with Gasteiger partial charge in [0.15, 0.2) is 11.0 Å². The maximum atomic E-state index is 13.7. The third kappa shape index (κ3) is 10.6. The van der Waals surface area contributed by atoms with E-state index in [0.29, 0.717) is 22.4 Å². The molecule has 14 heteroatoms. The third-order valence-electron chi connectivity index (χ3n) is 10.2. The average Bonchev–Trinajstić information content (AvgIpc) is 3.23. The summed E-state index contributed by atoms with van der Waals surface area (Å²) >= 11 is 7.90. The minimum absolute atomic E-state index is 0.00815. The van der Waals surface area contributed by atoms with Crippen molar-refractivity contribution in [2.75, 3.05) is 67.5 Å². The predicted molar refractivity (Wildman–Crippen MR) is 237 cm³/mol. The lowest BCUT2D eigenvalue weighted by atomic mass is 9.99. The molecule has 1 fully saturated rings. The highest BCUT2D eigenvalue weighted by Crippen LogP contribution is 2.32. The van der Waals surface area contributed by atoms with Crippen molar-refractivity contribution in [1.29, 1.82) is 0 Å². The lowest BCUT2D eigenvalue weighted by Crippen LogP contribution is -2.46. The second-order valence-electron chi connectivity index (χ2n) is 14.5. The smallest absolute Gasteiger partial charge is 0.293 e. The number of hydrogen-bond acceptors (Lipinski definition) is 10. The van der Waals surface area contributed by atoms with Gasteiger partial charge in [0.2, 0.25) is 0 Å². The van der Waals surface area contributed by atoms with Gasteiger partial charge in [-0.05, 0) is 99.1 Å². The van der Waals surface area contributed by atoms with Crippen LogP contribution in [0.4, 0.5) is 22.9 Å². The number of fused-ring (bicyclic) bond motifs is 1. The van der Waals surface area contributed by atoms with E-state index >= 15 is 0 Å². The number of nitrogens with one attached hydrogen (secondary N) is 2. The standard InChI is InChI=1S/C43H47ClN8O3S2/c1-49(2)21-20-34(29-56-36-9-4-3-5-10-36)47-40-19-17-37(27-42(40)52(53)54)57(55)48-43-39-18-16-35(26-41(39)45-30-46-43)51-24-22-50(23-25-51)28-32-8-6-7-11-38(32)31-12-14-33(44)15-13-31/h4,6-19,26-27,30,34,47H,3,5,20-25,28-29H2,1-2H3,(H,45,46,48). The van der Waals surface area contributed by atoms with E-state index in [9.17, 15) is 14.3 Å². The van der Waals surface area contributed by atoms with Gasteiger partial charge in [0.25, 0.3) is 5.69 Å². The zero-order chi connectivity index (χ0) is 39.7. The summed E-state index contributed by atoms with van der Waals surface area (Å²) in [6.07, 6.45) is 10.9. The Balaban J connectivity index is 0.996. The van der Waals surface area contributed by atoms with E-state index in [2.05, 4.69) is 89.3 Å². The highest BCUT2D eigenvalue weighted by Gasteiger charge is 2.23. The summed E-state index contributed by atoms with van der Waals surface area (Å²) in [5, 5.41) is 17.2. The number of halogens is 1. The first-order valence-corrected chi connectivity index (χ1v) is 21.6. The van der Waals surface area contributed by atoms with Crippen molar-refractivity contribution in [2.45, 2.75) is 36.7 Å². The molecule has 2 heterocycles. The maximum Gasteiger partial charge on any atom is 0.293 e.